The molecule has 2 rings (SSSR count). The molecule has 0 bridgehead atoms. The second-order valence-electron chi connectivity index (χ2n) is 2.35. The maximum atomic E-state index is 9.39. The molecule has 0 aromatic heterocycles. The van der Waals surface area contributed by atoms with Crippen LogP contribution in [0.25, 0.3) is 0 Å². The Morgan fingerprint density at radius 1 is 1.64 bits per heavy atom. The van der Waals surface area contributed by atoms with E-state index < -0.39 is 6.23 Å². The van der Waals surface area contributed by atoms with Gasteiger partial charge in [-0.2, -0.15) is 0 Å². The first kappa shape index (κ1) is 6.36. The van der Waals surface area contributed by atoms with Crippen LogP contribution >= 0.6 is 0 Å². The monoisotopic (exact) mass is 152 g/mol. The Hall–Kier alpha value is -1.36. The van der Waals surface area contributed by atoms with Crippen molar-refractivity contribution < 1.29 is 5.11 Å². The number of aliphatic hydroxyl groups is 1. The van der Waals surface area contributed by atoms with Crippen molar-refractivity contribution in [3.8, 4) is 0 Å². The van der Waals surface area contributed by atoms with Gasteiger partial charge in [0, 0.05) is 13.2 Å². The Morgan fingerprint density at radius 2 is 2.45 bits per heavy atom. The highest BCUT2D eigenvalue weighted by Gasteiger charge is 2.26. The first-order chi connectivity index (χ1) is 5.29. The van der Waals surface area contributed by atoms with Gasteiger partial charge in [0.25, 0.3) is 0 Å². The minimum absolute atomic E-state index is 0.530. The molecule has 0 aromatic rings. The molecule has 0 aromatic carbocycles. The van der Waals surface area contributed by atoms with Gasteiger partial charge in [0.15, 0.2) is 6.23 Å². The molecule has 0 spiro atoms. The summed E-state index contributed by atoms with van der Waals surface area (Å²) in [6, 6.07) is 0. The third kappa shape index (κ3) is 0.813. The summed E-state index contributed by atoms with van der Waals surface area (Å²) in [6.45, 7) is 0. The van der Waals surface area contributed by atoms with Crippen LogP contribution in [0.4, 0.5) is 0 Å². The molecule has 2 aliphatic heterocycles. The van der Waals surface area contributed by atoms with Crippen LogP contribution in [-0.2, 0) is 0 Å². The highest BCUT2D eigenvalue weighted by molar-refractivity contribution is 5.92. The van der Waals surface area contributed by atoms with E-state index in [1.807, 2.05) is 0 Å². The Bertz CT molecular complexity index is 257. The molecule has 2 heterocycles. The number of fused-ring (bicyclic) bond motifs is 1. The van der Waals surface area contributed by atoms with Gasteiger partial charge in [-0.1, -0.05) is 0 Å². The molecular formula is C6H8N4O. The summed E-state index contributed by atoms with van der Waals surface area (Å²) in [6.07, 6.45) is 4.10. The molecule has 0 radical (unpaired) electrons. The van der Waals surface area contributed by atoms with Crippen molar-refractivity contribution in [1.82, 2.24) is 10.0 Å². The van der Waals surface area contributed by atoms with Crippen molar-refractivity contribution in [3.63, 3.8) is 0 Å². The van der Waals surface area contributed by atoms with Crippen molar-refractivity contribution in [1.29, 1.82) is 0 Å². The molecule has 1 atom stereocenters. The third-order valence-corrected chi connectivity index (χ3v) is 1.58. The molecule has 0 aliphatic carbocycles. The number of aliphatic hydroxyl groups excluding tert-OH is 1. The van der Waals surface area contributed by atoms with Crippen LogP contribution in [0, 0.1) is 0 Å². The second-order valence-corrected chi connectivity index (χ2v) is 2.35. The van der Waals surface area contributed by atoms with Gasteiger partial charge >= 0.3 is 0 Å². The van der Waals surface area contributed by atoms with Crippen LogP contribution in [0.3, 0.4) is 0 Å². The summed E-state index contributed by atoms with van der Waals surface area (Å²) in [5.74, 6) is 0.530. The second kappa shape index (κ2) is 2.06. The first-order valence-corrected chi connectivity index (χ1v) is 3.28. The zero-order chi connectivity index (χ0) is 7.84. The minimum atomic E-state index is -0.644. The molecule has 0 saturated carbocycles. The Balaban J connectivity index is 2.33. The fraction of sp³-hybridized carbons (Fsp3) is 0.333. The van der Waals surface area contributed by atoms with E-state index in [4.69, 9.17) is 0 Å². The number of guanidine groups is 1. The van der Waals surface area contributed by atoms with E-state index in [0.29, 0.717) is 5.96 Å². The van der Waals surface area contributed by atoms with E-state index >= 15 is 0 Å². The molecule has 2 aliphatic rings. The summed E-state index contributed by atoms with van der Waals surface area (Å²) in [4.78, 5) is 7.91. The molecule has 5 heteroatoms. The van der Waals surface area contributed by atoms with Crippen molar-refractivity contribution >= 4 is 12.3 Å². The number of hydrogen-bond donors (Lipinski definition) is 1. The average Bonchev–Trinajstić information content (AvgIpc) is 2.34. The van der Waals surface area contributed by atoms with Gasteiger partial charge in [-0.25, -0.2) is 15.0 Å². The SMILES string of the molecule is CN1C=NC2=NC=CC(O)N21. The van der Waals surface area contributed by atoms with Crippen LogP contribution in [0.1, 0.15) is 0 Å². The number of rotatable bonds is 0. The lowest BCUT2D eigenvalue weighted by Crippen LogP contribution is -2.45. The molecule has 0 fully saturated rings. The summed E-state index contributed by atoms with van der Waals surface area (Å²) in [7, 11) is 1.80. The van der Waals surface area contributed by atoms with Crippen LogP contribution in [0.5, 0.6) is 0 Å². The molecule has 0 saturated heterocycles. The number of hydrogen-bond acceptors (Lipinski definition) is 5. The fourth-order valence-corrected chi connectivity index (χ4v) is 1.06. The van der Waals surface area contributed by atoms with E-state index in [2.05, 4.69) is 9.98 Å². The molecule has 0 amide bonds. The normalized spacial score (nSPS) is 27.5. The maximum Gasteiger partial charge on any atom is 0.248 e. The standard InChI is InChI=1S/C6H8N4O/c1-9-4-8-6-7-3-2-5(11)10(6)9/h2-5,11H,1H3. The first-order valence-electron chi connectivity index (χ1n) is 3.28. The maximum absolute atomic E-state index is 9.39. The van der Waals surface area contributed by atoms with Gasteiger partial charge in [0.1, 0.15) is 6.34 Å². The predicted octanol–water partition coefficient (Wildman–Crippen LogP) is -0.621. The van der Waals surface area contributed by atoms with E-state index in [0.717, 1.165) is 0 Å². The lowest BCUT2D eigenvalue weighted by Gasteiger charge is -2.29. The number of nitrogens with zero attached hydrogens (tertiary/aromatic N) is 4. The van der Waals surface area contributed by atoms with E-state index in [-0.39, 0.29) is 0 Å². The number of aliphatic imine (C=N–C) groups is 2. The quantitative estimate of drug-likeness (QED) is 0.503. The fourth-order valence-electron chi connectivity index (χ4n) is 1.06. The minimum Gasteiger partial charge on any atom is -0.368 e. The van der Waals surface area contributed by atoms with Crippen LogP contribution in [0.2, 0.25) is 0 Å². The Morgan fingerprint density at radius 3 is 3.18 bits per heavy atom. The Kier molecular flexibility index (Phi) is 1.19. The van der Waals surface area contributed by atoms with Crippen molar-refractivity contribution in [2.75, 3.05) is 7.05 Å². The van der Waals surface area contributed by atoms with Crippen LogP contribution in [0.15, 0.2) is 22.3 Å². The zero-order valence-electron chi connectivity index (χ0n) is 6.05. The molecular weight excluding hydrogens is 144 g/mol. The van der Waals surface area contributed by atoms with Crippen molar-refractivity contribution in [2.24, 2.45) is 9.98 Å². The molecule has 58 valence electrons. The van der Waals surface area contributed by atoms with Crippen molar-refractivity contribution in [3.05, 3.63) is 12.3 Å². The highest BCUT2D eigenvalue weighted by Crippen LogP contribution is 2.12. The summed E-state index contributed by atoms with van der Waals surface area (Å²) >= 11 is 0. The van der Waals surface area contributed by atoms with E-state index in [9.17, 15) is 5.11 Å². The number of hydrazine groups is 1. The van der Waals surface area contributed by atoms with Crippen molar-refractivity contribution in [2.45, 2.75) is 6.23 Å². The average molecular weight is 152 g/mol. The Labute approximate surface area is 63.9 Å². The van der Waals surface area contributed by atoms with Gasteiger partial charge < -0.3 is 5.11 Å². The summed E-state index contributed by atoms with van der Waals surface area (Å²) < 4.78 is 0. The lowest BCUT2D eigenvalue weighted by molar-refractivity contribution is 0.00488. The van der Waals surface area contributed by atoms with Crippen LogP contribution in [-0.4, -0.2) is 40.7 Å². The van der Waals surface area contributed by atoms with Gasteiger partial charge in [-0.05, 0) is 6.08 Å². The van der Waals surface area contributed by atoms with Gasteiger partial charge in [-0.3, -0.25) is 5.01 Å². The lowest BCUT2D eigenvalue weighted by atomic mass is 10.5. The smallest absolute Gasteiger partial charge is 0.248 e. The van der Waals surface area contributed by atoms with Gasteiger partial charge in [-0.15, -0.1) is 0 Å². The summed E-state index contributed by atoms with van der Waals surface area (Å²) in [5.41, 5.74) is 0. The molecule has 11 heavy (non-hydrogen) atoms. The van der Waals surface area contributed by atoms with Gasteiger partial charge in [0.05, 0.1) is 0 Å². The van der Waals surface area contributed by atoms with E-state index in [1.54, 1.807) is 35.7 Å². The highest BCUT2D eigenvalue weighted by atomic mass is 16.3. The van der Waals surface area contributed by atoms with E-state index in [1.165, 1.54) is 0 Å². The molecule has 1 N–H and O–H groups in total. The topological polar surface area (TPSA) is 51.4 Å². The zero-order valence-corrected chi connectivity index (χ0v) is 6.05. The largest absolute Gasteiger partial charge is 0.368 e. The molecule has 5 nitrogen and oxygen atoms in total. The third-order valence-electron chi connectivity index (χ3n) is 1.58. The van der Waals surface area contributed by atoms with Crippen LogP contribution < -0.4 is 0 Å². The summed E-state index contributed by atoms with van der Waals surface area (Å²) in [5, 5.41) is 12.7. The molecule has 1 unspecified atom stereocenters. The predicted molar refractivity (Wildman–Crippen MR) is 40.7 cm³/mol. The van der Waals surface area contributed by atoms with Gasteiger partial charge in [0.2, 0.25) is 5.96 Å².